The summed E-state index contributed by atoms with van der Waals surface area (Å²) < 4.78 is 1.93. The minimum Gasteiger partial charge on any atom is -0.345 e. The molecule has 2 N–H and O–H groups in total. The minimum absolute atomic E-state index is 0.128. The van der Waals surface area contributed by atoms with Gasteiger partial charge in [-0.3, -0.25) is 9.59 Å². The fourth-order valence-electron chi connectivity index (χ4n) is 3.99. The van der Waals surface area contributed by atoms with E-state index in [0.717, 1.165) is 40.8 Å². The molecule has 4 rings (SSSR count). The molecule has 1 aliphatic carbocycles. The monoisotopic (exact) mass is 433 g/mol. The van der Waals surface area contributed by atoms with Gasteiger partial charge in [-0.25, -0.2) is 9.67 Å². The van der Waals surface area contributed by atoms with Gasteiger partial charge < -0.3 is 10.6 Å². The largest absolute Gasteiger partial charge is 0.345 e. The van der Waals surface area contributed by atoms with Crippen LogP contribution in [0.25, 0.3) is 11.0 Å². The van der Waals surface area contributed by atoms with Gasteiger partial charge >= 0.3 is 0 Å². The molecule has 0 aliphatic heterocycles. The van der Waals surface area contributed by atoms with E-state index in [-0.39, 0.29) is 23.4 Å². The van der Waals surface area contributed by atoms with Gasteiger partial charge in [-0.2, -0.15) is 5.10 Å². The summed E-state index contributed by atoms with van der Waals surface area (Å²) in [6.45, 7) is 11.6. The van der Waals surface area contributed by atoms with Gasteiger partial charge in [0.2, 0.25) is 5.91 Å². The first-order valence-electron chi connectivity index (χ1n) is 11.1. The molecule has 32 heavy (non-hydrogen) atoms. The summed E-state index contributed by atoms with van der Waals surface area (Å²) in [5.74, 6) is 0.145. The standard InChI is InChI=1S/C25H31N5O2/c1-14(18-8-7-9-19(12-18)27-16(3)31)26-24(32)20-13-21(17-10-11-17)28-23-22(20)15(2)29-30(23)25(4,5)6/h7-9,12-14,17H,10-11H2,1-6H3,(H,26,32)(H,27,31). The number of rotatable bonds is 5. The van der Waals surface area contributed by atoms with Crippen LogP contribution in [0.2, 0.25) is 0 Å². The van der Waals surface area contributed by atoms with Gasteiger partial charge in [-0.1, -0.05) is 12.1 Å². The molecule has 7 nitrogen and oxygen atoms in total. The molecule has 0 radical (unpaired) electrons. The maximum atomic E-state index is 13.5. The van der Waals surface area contributed by atoms with Gasteiger partial charge in [0.15, 0.2) is 5.65 Å². The molecule has 1 aliphatic rings. The normalized spacial score (nSPS) is 14.9. The predicted molar refractivity (Wildman–Crippen MR) is 126 cm³/mol. The van der Waals surface area contributed by atoms with E-state index >= 15 is 0 Å². The van der Waals surface area contributed by atoms with Crippen LogP contribution in [-0.2, 0) is 10.3 Å². The molecule has 2 aromatic heterocycles. The molecule has 168 valence electrons. The first-order valence-corrected chi connectivity index (χ1v) is 11.1. The lowest BCUT2D eigenvalue weighted by Crippen LogP contribution is -2.27. The first kappa shape index (κ1) is 22.0. The number of aryl methyl sites for hydroxylation is 1. The highest BCUT2D eigenvalue weighted by Crippen LogP contribution is 2.41. The van der Waals surface area contributed by atoms with Crippen LogP contribution in [0.3, 0.4) is 0 Å². The molecule has 3 aromatic rings. The van der Waals surface area contributed by atoms with Crippen LogP contribution in [0.15, 0.2) is 30.3 Å². The number of hydrogen-bond donors (Lipinski definition) is 2. The van der Waals surface area contributed by atoms with Crippen LogP contribution in [0.5, 0.6) is 0 Å². The van der Waals surface area contributed by atoms with Crippen molar-refractivity contribution in [2.75, 3.05) is 5.32 Å². The maximum Gasteiger partial charge on any atom is 0.252 e. The number of anilines is 1. The number of hydrogen-bond acceptors (Lipinski definition) is 4. The minimum atomic E-state index is -0.243. The Bertz CT molecular complexity index is 1200. The zero-order valence-corrected chi connectivity index (χ0v) is 19.6. The third kappa shape index (κ3) is 4.38. The summed E-state index contributed by atoms with van der Waals surface area (Å²) in [5, 5.41) is 11.5. The van der Waals surface area contributed by atoms with Crippen molar-refractivity contribution < 1.29 is 9.59 Å². The van der Waals surface area contributed by atoms with Crippen molar-refractivity contribution in [3.05, 3.63) is 52.8 Å². The second-order valence-electron chi connectivity index (χ2n) is 9.74. The van der Waals surface area contributed by atoms with E-state index in [4.69, 9.17) is 10.1 Å². The summed E-state index contributed by atoms with van der Waals surface area (Å²) >= 11 is 0. The molecule has 2 heterocycles. The van der Waals surface area contributed by atoms with Crippen molar-refractivity contribution in [2.45, 2.75) is 71.9 Å². The molecule has 1 unspecified atom stereocenters. The summed E-state index contributed by atoms with van der Waals surface area (Å²) in [4.78, 5) is 29.8. The van der Waals surface area contributed by atoms with Crippen LogP contribution in [0.1, 0.15) is 86.7 Å². The molecule has 2 amide bonds. The van der Waals surface area contributed by atoms with Gasteiger partial charge in [0.1, 0.15) is 0 Å². The van der Waals surface area contributed by atoms with E-state index in [9.17, 15) is 9.59 Å². The van der Waals surface area contributed by atoms with Crippen LogP contribution >= 0.6 is 0 Å². The highest BCUT2D eigenvalue weighted by molar-refractivity contribution is 6.06. The maximum absolute atomic E-state index is 13.5. The van der Waals surface area contributed by atoms with Crippen molar-refractivity contribution in [1.29, 1.82) is 0 Å². The van der Waals surface area contributed by atoms with Crippen LogP contribution < -0.4 is 10.6 Å². The Morgan fingerprint density at radius 3 is 2.53 bits per heavy atom. The molecule has 7 heteroatoms. The molecular formula is C25H31N5O2. The summed E-state index contributed by atoms with van der Waals surface area (Å²) in [5.41, 5.74) is 4.54. The number of fused-ring (bicyclic) bond motifs is 1. The van der Waals surface area contributed by atoms with E-state index in [1.54, 1.807) is 0 Å². The summed E-state index contributed by atoms with van der Waals surface area (Å²) in [6.07, 6.45) is 2.21. The number of carbonyl (C=O) groups excluding carboxylic acids is 2. The highest BCUT2D eigenvalue weighted by atomic mass is 16.2. The van der Waals surface area contributed by atoms with Crippen LogP contribution in [-0.4, -0.2) is 26.6 Å². The SMILES string of the molecule is CC(=O)Nc1cccc(C(C)NC(=O)c2cc(C3CC3)nc3c2c(C)nn3C(C)(C)C)c1. The van der Waals surface area contributed by atoms with Gasteiger partial charge in [0.05, 0.1) is 28.2 Å². The molecule has 1 atom stereocenters. The topological polar surface area (TPSA) is 88.9 Å². The second kappa shape index (κ2) is 8.04. The van der Waals surface area contributed by atoms with Gasteiger partial charge in [-0.05, 0) is 71.2 Å². The quantitative estimate of drug-likeness (QED) is 0.604. The first-order chi connectivity index (χ1) is 15.0. The molecule has 1 aromatic carbocycles. The van der Waals surface area contributed by atoms with Gasteiger partial charge in [0, 0.05) is 24.2 Å². The Balaban J connectivity index is 1.70. The lowest BCUT2D eigenvalue weighted by molar-refractivity contribution is -0.114. The Hall–Kier alpha value is -3.22. The number of carbonyl (C=O) groups is 2. The average Bonchev–Trinajstić information content (AvgIpc) is 3.50. The van der Waals surface area contributed by atoms with Crippen molar-refractivity contribution in [1.82, 2.24) is 20.1 Å². The zero-order valence-electron chi connectivity index (χ0n) is 19.6. The zero-order chi connectivity index (χ0) is 23.2. The number of benzene rings is 1. The average molecular weight is 434 g/mol. The number of pyridine rings is 1. The Morgan fingerprint density at radius 1 is 1.19 bits per heavy atom. The lowest BCUT2D eigenvalue weighted by Gasteiger charge is -2.20. The number of nitrogens with zero attached hydrogens (tertiary/aromatic N) is 3. The van der Waals surface area contributed by atoms with Gasteiger partial charge in [0.25, 0.3) is 5.91 Å². The molecule has 0 saturated heterocycles. The Kier molecular flexibility index (Phi) is 5.53. The second-order valence-corrected chi connectivity index (χ2v) is 9.74. The van der Waals surface area contributed by atoms with E-state index in [2.05, 4.69) is 31.4 Å². The fraction of sp³-hybridized carbons (Fsp3) is 0.440. The number of aromatic nitrogens is 3. The third-order valence-electron chi connectivity index (χ3n) is 5.76. The van der Waals surface area contributed by atoms with E-state index in [1.165, 1.54) is 6.92 Å². The van der Waals surface area contributed by atoms with Gasteiger partial charge in [-0.15, -0.1) is 0 Å². The van der Waals surface area contributed by atoms with Crippen molar-refractivity contribution in [3.63, 3.8) is 0 Å². The highest BCUT2D eigenvalue weighted by Gasteiger charge is 2.30. The number of amides is 2. The molecule has 1 fully saturated rings. The lowest BCUT2D eigenvalue weighted by atomic mass is 10.0. The van der Waals surface area contributed by atoms with E-state index in [1.807, 2.05) is 48.9 Å². The van der Waals surface area contributed by atoms with Crippen molar-refractivity contribution in [2.24, 2.45) is 0 Å². The summed E-state index contributed by atoms with van der Waals surface area (Å²) in [6, 6.07) is 9.23. The molecule has 1 saturated carbocycles. The fourth-order valence-corrected chi connectivity index (χ4v) is 3.99. The smallest absolute Gasteiger partial charge is 0.252 e. The van der Waals surface area contributed by atoms with Crippen molar-refractivity contribution in [3.8, 4) is 0 Å². The van der Waals surface area contributed by atoms with Crippen molar-refractivity contribution >= 4 is 28.5 Å². The third-order valence-corrected chi connectivity index (χ3v) is 5.76. The van der Waals surface area contributed by atoms with E-state index < -0.39 is 0 Å². The van der Waals surface area contributed by atoms with E-state index in [0.29, 0.717) is 17.2 Å². The summed E-state index contributed by atoms with van der Waals surface area (Å²) in [7, 11) is 0. The Labute approximate surface area is 188 Å². The molecular weight excluding hydrogens is 402 g/mol. The Morgan fingerprint density at radius 2 is 1.91 bits per heavy atom. The predicted octanol–water partition coefficient (Wildman–Crippen LogP) is 4.82. The van der Waals surface area contributed by atoms with Crippen LogP contribution in [0, 0.1) is 6.92 Å². The molecule has 0 bridgehead atoms. The number of nitrogens with one attached hydrogen (secondary N) is 2. The molecule has 0 spiro atoms. The van der Waals surface area contributed by atoms with Crippen LogP contribution in [0.4, 0.5) is 5.69 Å².